The third-order valence-corrected chi connectivity index (χ3v) is 5.70. The predicted octanol–water partition coefficient (Wildman–Crippen LogP) is 2.55. The molecule has 3 rings (SSSR count). The smallest absolute Gasteiger partial charge is 0.0621 e. The lowest BCUT2D eigenvalue weighted by Crippen LogP contribution is -2.52. The van der Waals surface area contributed by atoms with Gasteiger partial charge in [0, 0.05) is 50.2 Å². The van der Waals surface area contributed by atoms with Gasteiger partial charge in [-0.25, -0.2) is 0 Å². The summed E-state index contributed by atoms with van der Waals surface area (Å²) in [7, 11) is 2.31. The Morgan fingerprint density at radius 2 is 1.95 bits per heavy atom. The molecular formula is C18H29N3O. The molecule has 22 heavy (non-hydrogen) atoms. The number of nitrogens with zero attached hydrogens (tertiary/aromatic N) is 3. The third-order valence-electron chi connectivity index (χ3n) is 5.70. The average molecular weight is 303 g/mol. The SMILES string of the molecule is CCOC[C@@H]1CCC2(CCN(Cc3ccncc3)CC2)N1C. The van der Waals surface area contributed by atoms with Gasteiger partial charge >= 0.3 is 0 Å². The summed E-state index contributed by atoms with van der Waals surface area (Å²) in [6, 6.07) is 4.88. The molecule has 0 radical (unpaired) electrons. The Kier molecular flexibility index (Phi) is 5.11. The van der Waals surface area contributed by atoms with Crippen LogP contribution in [0.1, 0.15) is 38.2 Å². The fraction of sp³-hybridized carbons (Fsp3) is 0.722. The van der Waals surface area contributed by atoms with Crippen LogP contribution in [0.5, 0.6) is 0 Å². The highest BCUT2D eigenvalue weighted by molar-refractivity contribution is 5.10. The van der Waals surface area contributed by atoms with Crippen molar-refractivity contribution in [3.63, 3.8) is 0 Å². The lowest BCUT2D eigenvalue weighted by molar-refractivity contribution is 0.0205. The van der Waals surface area contributed by atoms with Crippen LogP contribution in [0.2, 0.25) is 0 Å². The van der Waals surface area contributed by atoms with E-state index in [1.165, 1.54) is 44.3 Å². The van der Waals surface area contributed by atoms with E-state index in [4.69, 9.17) is 4.74 Å². The molecule has 4 heteroatoms. The van der Waals surface area contributed by atoms with Crippen LogP contribution < -0.4 is 0 Å². The molecule has 2 saturated heterocycles. The number of likely N-dealkylation sites (N-methyl/N-ethyl adjacent to an activating group) is 1. The van der Waals surface area contributed by atoms with Gasteiger partial charge in [0.25, 0.3) is 0 Å². The molecule has 1 spiro atoms. The second kappa shape index (κ2) is 7.07. The molecule has 1 atom stereocenters. The molecule has 2 aliphatic rings. The summed E-state index contributed by atoms with van der Waals surface area (Å²) in [5.74, 6) is 0. The number of aromatic nitrogens is 1. The lowest BCUT2D eigenvalue weighted by Gasteiger charge is -2.45. The monoisotopic (exact) mass is 303 g/mol. The van der Waals surface area contributed by atoms with Gasteiger partial charge in [0.1, 0.15) is 0 Å². The lowest BCUT2D eigenvalue weighted by atomic mass is 9.85. The molecular weight excluding hydrogens is 274 g/mol. The maximum absolute atomic E-state index is 5.66. The van der Waals surface area contributed by atoms with E-state index in [0.29, 0.717) is 11.6 Å². The van der Waals surface area contributed by atoms with Gasteiger partial charge in [0.15, 0.2) is 0 Å². The van der Waals surface area contributed by atoms with Gasteiger partial charge < -0.3 is 4.74 Å². The molecule has 1 aromatic heterocycles. The second-order valence-corrected chi connectivity index (χ2v) is 6.82. The summed E-state index contributed by atoms with van der Waals surface area (Å²) < 4.78 is 5.66. The quantitative estimate of drug-likeness (QED) is 0.836. The van der Waals surface area contributed by atoms with Crippen molar-refractivity contribution < 1.29 is 4.74 Å². The van der Waals surface area contributed by atoms with Crippen LogP contribution in [0.15, 0.2) is 24.5 Å². The highest BCUT2D eigenvalue weighted by Crippen LogP contribution is 2.40. The van der Waals surface area contributed by atoms with E-state index in [-0.39, 0.29) is 0 Å². The molecule has 2 aliphatic heterocycles. The van der Waals surface area contributed by atoms with Gasteiger partial charge in [0.2, 0.25) is 0 Å². The standard InChI is InChI=1S/C18H29N3O/c1-3-22-15-17-4-7-18(20(17)2)8-12-21(13-9-18)14-16-5-10-19-11-6-16/h5-6,10-11,17H,3-4,7-9,12-15H2,1-2H3/t17-/m0/s1. The second-order valence-electron chi connectivity index (χ2n) is 6.82. The van der Waals surface area contributed by atoms with Crippen molar-refractivity contribution in [2.75, 3.05) is 33.4 Å². The molecule has 122 valence electrons. The maximum atomic E-state index is 5.66. The topological polar surface area (TPSA) is 28.6 Å². The molecule has 4 nitrogen and oxygen atoms in total. The molecule has 0 saturated carbocycles. The molecule has 0 unspecified atom stereocenters. The van der Waals surface area contributed by atoms with Crippen LogP contribution in [0.25, 0.3) is 0 Å². The molecule has 2 fully saturated rings. The summed E-state index contributed by atoms with van der Waals surface area (Å²) in [6.07, 6.45) is 8.99. The Labute approximate surface area is 134 Å². The fourth-order valence-corrected chi connectivity index (χ4v) is 4.12. The average Bonchev–Trinajstić information content (AvgIpc) is 2.85. The van der Waals surface area contributed by atoms with E-state index in [9.17, 15) is 0 Å². The summed E-state index contributed by atoms with van der Waals surface area (Å²) in [5, 5.41) is 0. The van der Waals surface area contributed by atoms with Crippen LogP contribution >= 0.6 is 0 Å². The summed E-state index contributed by atoms with van der Waals surface area (Å²) >= 11 is 0. The number of ether oxygens (including phenoxy) is 1. The van der Waals surface area contributed by atoms with Crippen molar-refractivity contribution >= 4 is 0 Å². The Morgan fingerprint density at radius 1 is 1.23 bits per heavy atom. The van der Waals surface area contributed by atoms with E-state index < -0.39 is 0 Å². The Morgan fingerprint density at radius 3 is 2.64 bits per heavy atom. The fourth-order valence-electron chi connectivity index (χ4n) is 4.12. The van der Waals surface area contributed by atoms with Crippen molar-refractivity contribution in [1.29, 1.82) is 0 Å². The Balaban J connectivity index is 1.53. The predicted molar refractivity (Wildman–Crippen MR) is 88.8 cm³/mol. The van der Waals surface area contributed by atoms with E-state index in [1.54, 1.807) is 0 Å². The summed E-state index contributed by atoms with van der Waals surface area (Å²) in [5.41, 5.74) is 1.80. The van der Waals surface area contributed by atoms with Crippen molar-refractivity contribution in [3.05, 3.63) is 30.1 Å². The molecule has 0 aliphatic carbocycles. The van der Waals surface area contributed by atoms with Gasteiger partial charge in [-0.15, -0.1) is 0 Å². The zero-order valence-corrected chi connectivity index (χ0v) is 14.0. The first-order chi connectivity index (χ1) is 10.7. The van der Waals surface area contributed by atoms with Gasteiger partial charge in [-0.2, -0.15) is 0 Å². The van der Waals surface area contributed by atoms with E-state index in [0.717, 1.165) is 19.8 Å². The van der Waals surface area contributed by atoms with Crippen LogP contribution in [0.4, 0.5) is 0 Å². The molecule has 3 heterocycles. The van der Waals surface area contributed by atoms with Gasteiger partial charge in [-0.05, 0) is 57.4 Å². The largest absolute Gasteiger partial charge is 0.380 e. The molecule has 0 aromatic carbocycles. The number of piperidine rings is 1. The number of rotatable bonds is 5. The minimum Gasteiger partial charge on any atom is -0.380 e. The number of hydrogen-bond acceptors (Lipinski definition) is 4. The minimum atomic E-state index is 0.427. The zero-order chi connectivity index (χ0) is 15.4. The van der Waals surface area contributed by atoms with E-state index in [2.05, 4.69) is 40.9 Å². The Bertz CT molecular complexity index is 457. The molecule has 0 amide bonds. The first kappa shape index (κ1) is 15.9. The number of pyridine rings is 1. The first-order valence-corrected chi connectivity index (χ1v) is 8.65. The van der Waals surface area contributed by atoms with Crippen molar-refractivity contribution in [3.8, 4) is 0 Å². The van der Waals surface area contributed by atoms with Gasteiger partial charge in [0.05, 0.1) is 6.61 Å². The van der Waals surface area contributed by atoms with Crippen LogP contribution in [-0.2, 0) is 11.3 Å². The van der Waals surface area contributed by atoms with Crippen molar-refractivity contribution in [2.24, 2.45) is 0 Å². The molecule has 1 aromatic rings. The summed E-state index contributed by atoms with van der Waals surface area (Å²) in [4.78, 5) is 9.32. The van der Waals surface area contributed by atoms with Crippen molar-refractivity contribution in [2.45, 2.75) is 50.7 Å². The maximum Gasteiger partial charge on any atom is 0.0621 e. The van der Waals surface area contributed by atoms with Gasteiger partial charge in [-0.1, -0.05) is 0 Å². The number of likely N-dealkylation sites (tertiary alicyclic amines) is 2. The zero-order valence-electron chi connectivity index (χ0n) is 14.0. The highest BCUT2D eigenvalue weighted by atomic mass is 16.5. The number of hydrogen-bond donors (Lipinski definition) is 0. The summed E-state index contributed by atoms with van der Waals surface area (Å²) in [6.45, 7) is 7.28. The normalized spacial score (nSPS) is 25.8. The van der Waals surface area contributed by atoms with Crippen LogP contribution in [-0.4, -0.2) is 59.7 Å². The molecule has 0 bridgehead atoms. The van der Waals surface area contributed by atoms with E-state index in [1.807, 2.05) is 12.4 Å². The van der Waals surface area contributed by atoms with Crippen LogP contribution in [0, 0.1) is 0 Å². The van der Waals surface area contributed by atoms with Gasteiger partial charge in [-0.3, -0.25) is 14.8 Å². The Hall–Kier alpha value is -0.970. The third kappa shape index (κ3) is 3.34. The molecule has 0 N–H and O–H groups in total. The van der Waals surface area contributed by atoms with Crippen LogP contribution in [0.3, 0.4) is 0 Å². The first-order valence-electron chi connectivity index (χ1n) is 8.65. The minimum absolute atomic E-state index is 0.427. The van der Waals surface area contributed by atoms with E-state index >= 15 is 0 Å². The highest BCUT2D eigenvalue weighted by Gasteiger charge is 2.45. The van der Waals surface area contributed by atoms with Crippen molar-refractivity contribution in [1.82, 2.24) is 14.8 Å².